The minimum Gasteiger partial charge on any atom is -0.469 e. The minimum absolute atomic E-state index is 0.0420. The number of ether oxygens (including phenoxy) is 2. The molecule has 0 saturated carbocycles. The number of nitrogens with zero attached hydrogens (tertiary/aromatic N) is 3. The number of halogens is 1. The predicted molar refractivity (Wildman–Crippen MR) is 142 cm³/mol. The fourth-order valence-corrected chi connectivity index (χ4v) is 4.65. The van der Waals surface area contributed by atoms with E-state index in [0.29, 0.717) is 10.7 Å². The lowest BCUT2D eigenvalue weighted by Gasteiger charge is -2.53. The zero-order valence-corrected chi connectivity index (χ0v) is 21.2. The van der Waals surface area contributed by atoms with Crippen molar-refractivity contribution in [1.82, 2.24) is 15.1 Å². The lowest BCUT2D eigenvalue weighted by atomic mass is 9.72. The Morgan fingerprint density at radius 2 is 1.92 bits per heavy atom. The molecule has 36 heavy (non-hydrogen) atoms. The van der Waals surface area contributed by atoms with Crippen molar-refractivity contribution in [3.8, 4) is 11.5 Å². The molecule has 0 atom stereocenters. The van der Waals surface area contributed by atoms with Gasteiger partial charge in [-0.2, -0.15) is 0 Å². The van der Waals surface area contributed by atoms with Gasteiger partial charge in [-0.05, 0) is 74.0 Å². The summed E-state index contributed by atoms with van der Waals surface area (Å²) in [6.07, 6.45) is 5.16. The molecule has 2 aliphatic rings. The van der Waals surface area contributed by atoms with E-state index in [1.165, 1.54) is 18.9 Å². The number of nitrogens with two attached hydrogens (primary N) is 1. The normalized spacial score (nSPS) is 17.6. The van der Waals surface area contributed by atoms with Gasteiger partial charge in [0, 0.05) is 42.0 Å². The number of nitrogens with one attached hydrogen (secondary N) is 1. The standard InChI is InChI=1S/C27H32ClN5O3/c1-20(10-13-30-25(29)35-2)31-26(34)33-18-27(19-33)11-14-32(15-12-27)17-21-4-3-5-24(16-21)36-23-8-6-22(28)7-9-23/h3-10,13,16H,1,11-12,14-15,17-19H2,2H3,(H2,29,30)(H,31,34)/b13-10-. The zero-order chi connectivity index (χ0) is 25.5. The van der Waals surface area contributed by atoms with Gasteiger partial charge in [0.25, 0.3) is 6.02 Å². The summed E-state index contributed by atoms with van der Waals surface area (Å²) in [5, 5.41) is 3.48. The van der Waals surface area contributed by atoms with Gasteiger partial charge < -0.3 is 25.4 Å². The number of aliphatic imine (C=N–C) groups is 1. The van der Waals surface area contributed by atoms with E-state index in [4.69, 9.17) is 26.8 Å². The molecule has 2 saturated heterocycles. The van der Waals surface area contributed by atoms with Crippen LogP contribution in [0.3, 0.4) is 0 Å². The van der Waals surface area contributed by atoms with Gasteiger partial charge in [0.05, 0.1) is 7.11 Å². The summed E-state index contributed by atoms with van der Waals surface area (Å²) in [5.74, 6) is 1.58. The second kappa shape index (κ2) is 11.5. The van der Waals surface area contributed by atoms with E-state index < -0.39 is 0 Å². The number of carbonyl (C=O) groups is 1. The number of hydrogen-bond acceptors (Lipinski definition) is 5. The van der Waals surface area contributed by atoms with Crippen LogP contribution in [-0.4, -0.2) is 55.1 Å². The van der Waals surface area contributed by atoms with Gasteiger partial charge >= 0.3 is 6.03 Å². The molecule has 2 aromatic rings. The molecular weight excluding hydrogens is 478 g/mol. The van der Waals surface area contributed by atoms with Crippen LogP contribution in [0.1, 0.15) is 18.4 Å². The first-order valence-corrected chi connectivity index (χ1v) is 12.3. The molecule has 190 valence electrons. The highest BCUT2D eigenvalue weighted by Gasteiger charge is 2.46. The molecule has 0 unspecified atom stereocenters. The summed E-state index contributed by atoms with van der Waals surface area (Å²) in [4.78, 5) is 20.7. The number of carbonyl (C=O) groups excluding carboxylic acids is 1. The van der Waals surface area contributed by atoms with Gasteiger partial charge in [-0.15, -0.1) is 0 Å². The number of piperidine rings is 1. The first-order valence-electron chi connectivity index (χ1n) is 11.9. The molecule has 2 amide bonds. The molecule has 0 radical (unpaired) electrons. The topological polar surface area (TPSA) is 92.4 Å². The Morgan fingerprint density at radius 3 is 2.61 bits per heavy atom. The molecule has 2 aliphatic heterocycles. The van der Waals surface area contributed by atoms with Crippen molar-refractivity contribution in [2.75, 3.05) is 33.3 Å². The Balaban J connectivity index is 1.21. The number of amidine groups is 1. The molecular formula is C27H32ClN5O3. The van der Waals surface area contributed by atoms with E-state index in [1.54, 1.807) is 6.08 Å². The maximum atomic E-state index is 12.5. The molecule has 2 heterocycles. The fourth-order valence-electron chi connectivity index (χ4n) is 4.52. The summed E-state index contributed by atoms with van der Waals surface area (Å²) in [6.45, 7) is 8.25. The van der Waals surface area contributed by atoms with E-state index >= 15 is 0 Å². The van der Waals surface area contributed by atoms with Crippen molar-refractivity contribution in [2.45, 2.75) is 19.4 Å². The largest absolute Gasteiger partial charge is 0.469 e. The number of allylic oxidation sites excluding steroid dienone is 1. The highest BCUT2D eigenvalue weighted by atomic mass is 35.5. The molecule has 4 rings (SSSR count). The van der Waals surface area contributed by atoms with Crippen LogP contribution in [0.25, 0.3) is 0 Å². The summed E-state index contributed by atoms with van der Waals surface area (Å²) < 4.78 is 10.7. The summed E-state index contributed by atoms with van der Waals surface area (Å²) in [6, 6.07) is 15.5. The maximum absolute atomic E-state index is 12.5. The van der Waals surface area contributed by atoms with Crippen LogP contribution < -0.4 is 15.8 Å². The van der Waals surface area contributed by atoms with Crippen LogP contribution in [0, 0.1) is 5.41 Å². The average molecular weight is 510 g/mol. The van der Waals surface area contributed by atoms with Crippen LogP contribution in [0.4, 0.5) is 4.79 Å². The molecule has 8 nitrogen and oxygen atoms in total. The number of urea groups is 1. The van der Waals surface area contributed by atoms with Crippen molar-refractivity contribution in [3.05, 3.63) is 83.7 Å². The Morgan fingerprint density at radius 1 is 1.19 bits per heavy atom. The van der Waals surface area contributed by atoms with E-state index in [2.05, 4.69) is 33.9 Å². The summed E-state index contributed by atoms with van der Waals surface area (Å²) in [7, 11) is 1.43. The molecule has 0 aromatic heterocycles. The summed E-state index contributed by atoms with van der Waals surface area (Å²) in [5.41, 5.74) is 7.33. The predicted octanol–water partition coefficient (Wildman–Crippen LogP) is 4.73. The van der Waals surface area contributed by atoms with Crippen LogP contribution in [0.15, 0.2) is 78.1 Å². The van der Waals surface area contributed by atoms with Gasteiger partial charge in [-0.1, -0.05) is 30.3 Å². The third-order valence-electron chi connectivity index (χ3n) is 6.56. The Hall–Kier alpha value is -3.49. The average Bonchev–Trinajstić information content (AvgIpc) is 2.84. The smallest absolute Gasteiger partial charge is 0.321 e. The van der Waals surface area contributed by atoms with Gasteiger partial charge in [0.2, 0.25) is 0 Å². The molecule has 1 spiro atoms. The molecule has 2 aromatic carbocycles. The molecule has 3 N–H and O–H groups in total. The van der Waals surface area contributed by atoms with Crippen LogP contribution in [-0.2, 0) is 11.3 Å². The molecule has 9 heteroatoms. The van der Waals surface area contributed by atoms with Crippen molar-refractivity contribution >= 4 is 23.7 Å². The number of rotatable bonds is 7. The lowest BCUT2D eigenvalue weighted by Crippen LogP contribution is -2.63. The minimum atomic E-state index is -0.140. The van der Waals surface area contributed by atoms with E-state index in [0.717, 1.165) is 57.1 Å². The second-order valence-corrected chi connectivity index (χ2v) is 9.71. The molecule has 2 fully saturated rings. The second-order valence-electron chi connectivity index (χ2n) is 9.28. The van der Waals surface area contributed by atoms with Crippen LogP contribution >= 0.6 is 11.6 Å². The number of methoxy groups -OCH3 is 1. The molecule has 0 bridgehead atoms. The number of likely N-dealkylation sites (tertiary alicyclic amines) is 2. The van der Waals surface area contributed by atoms with Gasteiger partial charge in [0.1, 0.15) is 11.5 Å². The SMILES string of the molecule is C=C(/C=C\N=C(/N)OC)NC(=O)N1CC2(CCN(Cc3cccc(Oc4ccc(Cl)cc4)c3)CC2)C1. The first-order chi connectivity index (χ1) is 17.3. The maximum Gasteiger partial charge on any atom is 0.321 e. The van der Waals surface area contributed by atoms with Crippen molar-refractivity contribution in [3.63, 3.8) is 0 Å². The first kappa shape index (κ1) is 25.6. The number of benzene rings is 2. The number of hydrogen-bond donors (Lipinski definition) is 2. The lowest BCUT2D eigenvalue weighted by molar-refractivity contribution is -0.0226. The van der Waals surface area contributed by atoms with Gasteiger partial charge in [0.15, 0.2) is 0 Å². The third kappa shape index (κ3) is 6.80. The highest BCUT2D eigenvalue weighted by Crippen LogP contribution is 2.40. The van der Waals surface area contributed by atoms with E-state index in [-0.39, 0.29) is 17.5 Å². The van der Waals surface area contributed by atoms with Crippen LogP contribution in [0.5, 0.6) is 11.5 Å². The molecule has 0 aliphatic carbocycles. The van der Waals surface area contributed by atoms with Crippen LogP contribution in [0.2, 0.25) is 5.02 Å². The van der Waals surface area contributed by atoms with E-state index in [1.807, 2.05) is 41.3 Å². The third-order valence-corrected chi connectivity index (χ3v) is 6.82. The van der Waals surface area contributed by atoms with E-state index in [9.17, 15) is 4.79 Å². The highest BCUT2D eigenvalue weighted by molar-refractivity contribution is 6.30. The van der Waals surface area contributed by atoms with Gasteiger partial charge in [-0.25, -0.2) is 9.79 Å². The quantitative estimate of drug-likeness (QED) is 0.320. The Bertz CT molecular complexity index is 1130. The number of amides is 2. The summed E-state index contributed by atoms with van der Waals surface area (Å²) >= 11 is 5.96. The Kier molecular flexibility index (Phi) is 8.18. The Labute approximate surface area is 217 Å². The van der Waals surface area contributed by atoms with Crippen molar-refractivity contribution in [2.24, 2.45) is 16.1 Å². The van der Waals surface area contributed by atoms with Crippen molar-refractivity contribution in [1.29, 1.82) is 0 Å². The fraction of sp³-hybridized carbons (Fsp3) is 0.333. The van der Waals surface area contributed by atoms with Crippen molar-refractivity contribution < 1.29 is 14.3 Å². The van der Waals surface area contributed by atoms with Gasteiger partial charge in [-0.3, -0.25) is 4.90 Å². The zero-order valence-electron chi connectivity index (χ0n) is 20.5. The monoisotopic (exact) mass is 509 g/mol.